The van der Waals surface area contributed by atoms with E-state index in [4.69, 9.17) is 4.74 Å². The van der Waals surface area contributed by atoms with E-state index in [0.29, 0.717) is 30.9 Å². The average molecular weight is 296 g/mol. The highest BCUT2D eigenvalue weighted by Gasteiger charge is 2.23. The molecule has 0 unspecified atom stereocenters. The van der Waals surface area contributed by atoms with Gasteiger partial charge < -0.3 is 4.74 Å². The molecule has 1 aromatic carbocycles. The topological polar surface area (TPSA) is 60.4 Å². The lowest BCUT2D eigenvalue weighted by Crippen LogP contribution is -2.24. The first-order chi connectivity index (χ1) is 9.48. The summed E-state index contributed by atoms with van der Waals surface area (Å²) >= 11 is 0. The van der Waals surface area contributed by atoms with Crippen molar-refractivity contribution in [3.8, 4) is 0 Å². The molecule has 1 aromatic rings. The van der Waals surface area contributed by atoms with Crippen molar-refractivity contribution >= 4 is 15.8 Å². The van der Waals surface area contributed by atoms with Crippen LogP contribution in [0.4, 0.5) is 0 Å². The Balaban J connectivity index is 1.77. The van der Waals surface area contributed by atoms with Gasteiger partial charge in [-0.05, 0) is 43.7 Å². The maximum Gasteiger partial charge on any atom is 0.338 e. The molecule has 1 heterocycles. The van der Waals surface area contributed by atoms with Crippen molar-refractivity contribution in [2.24, 2.45) is 5.92 Å². The van der Waals surface area contributed by atoms with Gasteiger partial charge in [-0.15, -0.1) is 0 Å². The van der Waals surface area contributed by atoms with Crippen LogP contribution in [0.2, 0.25) is 0 Å². The second-order valence-corrected chi connectivity index (χ2v) is 7.64. The highest BCUT2D eigenvalue weighted by molar-refractivity contribution is 7.91. The van der Waals surface area contributed by atoms with Gasteiger partial charge >= 0.3 is 5.97 Å². The Kier molecular flexibility index (Phi) is 4.81. The predicted octanol–water partition coefficient (Wildman–Crippen LogP) is 2.37. The molecule has 1 aliphatic rings. The molecule has 1 aliphatic heterocycles. The predicted molar refractivity (Wildman–Crippen MR) is 77.5 cm³/mol. The minimum atomic E-state index is -2.81. The number of rotatable bonds is 4. The summed E-state index contributed by atoms with van der Waals surface area (Å²) in [5.41, 5.74) is 1.50. The van der Waals surface area contributed by atoms with E-state index in [2.05, 4.69) is 0 Å². The van der Waals surface area contributed by atoms with Crippen molar-refractivity contribution in [2.75, 3.05) is 18.1 Å². The van der Waals surface area contributed by atoms with Crippen LogP contribution >= 0.6 is 0 Å². The molecule has 1 saturated heterocycles. The molecular weight excluding hydrogens is 276 g/mol. The fourth-order valence-electron chi connectivity index (χ4n) is 2.43. The smallest absolute Gasteiger partial charge is 0.338 e. The van der Waals surface area contributed by atoms with E-state index in [1.807, 2.05) is 25.1 Å². The normalized spacial score (nSPS) is 18.6. The van der Waals surface area contributed by atoms with Gasteiger partial charge in [-0.2, -0.15) is 0 Å². The van der Waals surface area contributed by atoms with Crippen molar-refractivity contribution in [3.63, 3.8) is 0 Å². The van der Waals surface area contributed by atoms with Crippen LogP contribution in [-0.4, -0.2) is 32.5 Å². The van der Waals surface area contributed by atoms with Gasteiger partial charge in [0, 0.05) is 0 Å². The molecule has 2 rings (SSSR count). The van der Waals surface area contributed by atoms with Gasteiger partial charge in [0.25, 0.3) is 0 Å². The third kappa shape index (κ3) is 4.07. The molecule has 4 nitrogen and oxygen atoms in total. The standard InChI is InChI=1S/C15H20O4S/c1-12-4-2-3-5-14(12)15(16)19-9-6-13-7-10-20(17,18)11-8-13/h2-5,13H,6-11H2,1H3. The Morgan fingerprint density at radius 1 is 1.25 bits per heavy atom. The first-order valence-corrected chi connectivity index (χ1v) is 8.73. The van der Waals surface area contributed by atoms with Crippen LogP contribution in [0, 0.1) is 12.8 Å². The maximum absolute atomic E-state index is 11.9. The molecule has 0 atom stereocenters. The zero-order chi connectivity index (χ0) is 14.6. The van der Waals surface area contributed by atoms with Crippen LogP contribution < -0.4 is 0 Å². The molecular formula is C15H20O4S. The van der Waals surface area contributed by atoms with Crippen LogP contribution in [-0.2, 0) is 14.6 Å². The van der Waals surface area contributed by atoms with Gasteiger partial charge in [0.05, 0.1) is 23.7 Å². The van der Waals surface area contributed by atoms with Gasteiger partial charge in [-0.25, -0.2) is 13.2 Å². The van der Waals surface area contributed by atoms with Crippen molar-refractivity contribution in [1.82, 2.24) is 0 Å². The van der Waals surface area contributed by atoms with Gasteiger partial charge in [-0.1, -0.05) is 18.2 Å². The second-order valence-electron chi connectivity index (χ2n) is 5.33. The van der Waals surface area contributed by atoms with Crippen LogP contribution in [0.1, 0.15) is 35.2 Å². The number of carbonyl (C=O) groups excluding carboxylic acids is 1. The molecule has 0 radical (unpaired) electrons. The van der Waals surface area contributed by atoms with Gasteiger partial charge in [-0.3, -0.25) is 0 Å². The molecule has 5 heteroatoms. The first kappa shape index (κ1) is 15.0. The summed E-state index contributed by atoms with van der Waals surface area (Å²) in [7, 11) is -2.81. The van der Waals surface area contributed by atoms with Crippen LogP contribution in [0.15, 0.2) is 24.3 Å². The molecule has 0 aliphatic carbocycles. The molecule has 0 amide bonds. The summed E-state index contributed by atoms with van der Waals surface area (Å²) in [5.74, 6) is 0.585. The zero-order valence-corrected chi connectivity index (χ0v) is 12.5. The maximum atomic E-state index is 11.9. The summed E-state index contributed by atoms with van der Waals surface area (Å²) in [5, 5.41) is 0. The number of esters is 1. The number of hydrogen-bond donors (Lipinski definition) is 0. The SMILES string of the molecule is Cc1ccccc1C(=O)OCCC1CCS(=O)(=O)CC1. The monoisotopic (exact) mass is 296 g/mol. The molecule has 110 valence electrons. The molecule has 20 heavy (non-hydrogen) atoms. The molecule has 0 aromatic heterocycles. The summed E-state index contributed by atoms with van der Waals surface area (Å²) in [6.45, 7) is 2.24. The molecule has 0 saturated carbocycles. The fourth-order valence-corrected chi connectivity index (χ4v) is 4.01. The Morgan fingerprint density at radius 2 is 1.90 bits per heavy atom. The van der Waals surface area contributed by atoms with Gasteiger partial charge in [0.1, 0.15) is 9.84 Å². The summed E-state index contributed by atoms with van der Waals surface area (Å²) < 4.78 is 27.9. The Morgan fingerprint density at radius 3 is 2.55 bits per heavy atom. The Bertz CT molecular complexity index is 563. The van der Waals surface area contributed by atoms with E-state index in [0.717, 1.165) is 12.0 Å². The lowest BCUT2D eigenvalue weighted by Gasteiger charge is -2.21. The third-order valence-electron chi connectivity index (χ3n) is 3.80. The number of hydrogen-bond acceptors (Lipinski definition) is 4. The number of ether oxygens (including phenoxy) is 1. The highest BCUT2D eigenvalue weighted by atomic mass is 32.2. The van der Waals surface area contributed by atoms with Crippen molar-refractivity contribution in [2.45, 2.75) is 26.2 Å². The first-order valence-electron chi connectivity index (χ1n) is 6.91. The summed E-state index contributed by atoms with van der Waals surface area (Å²) in [6.07, 6.45) is 2.11. The lowest BCUT2D eigenvalue weighted by atomic mass is 9.99. The average Bonchev–Trinajstić information content (AvgIpc) is 2.41. The second kappa shape index (κ2) is 6.39. The highest BCUT2D eigenvalue weighted by Crippen LogP contribution is 2.22. The lowest BCUT2D eigenvalue weighted by molar-refractivity contribution is 0.0479. The van der Waals surface area contributed by atoms with Crippen molar-refractivity contribution in [1.29, 1.82) is 0 Å². The Hall–Kier alpha value is -1.36. The fraction of sp³-hybridized carbons (Fsp3) is 0.533. The van der Waals surface area contributed by atoms with Crippen LogP contribution in [0.3, 0.4) is 0 Å². The van der Waals surface area contributed by atoms with E-state index in [9.17, 15) is 13.2 Å². The Labute approximate surface area is 120 Å². The van der Waals surface area contributed by atoms with E-state index in [1.165, 1.54) is 0 Å². The summed E-state index contributed by atoms with van der Waals surface area (Å²) in [4.78, 5) is 11.9. The largest absolute Gasteiger partial charge is 0.462 e. The quantitative estimate of drug-likeness (QED) is 0.800. The number of aryl methyl sites for hydroxylation is 1. The van der Waals surface area contributed by atoms with Crippen LogP contribution in [0.25, 0.3) is 0 Å². The minimum Gasteiger partial charge on any atom is -0.462 e. The number of carbonyl (C=O) groups is 1. The molecule has 0 N–H and O–H groups in total. The molecule has 0 bridgehead atoms. The van der Waals surface area contributed by atoms with Crippen molar-refractivity contribution < 1.29 is 17.9 Å². The van der Waals surface area contributed by atoms with Gasteiger partial charge in [0.2, 0.25) is 0 Å². The molecule has 1 fully saturated rings. The van der Waals surface area contributed by atoms with E-state index >= 15 is 0 Å². The van der Waals surface area contributed by atoms with Gasteiger partial charge in [0.15, 0.2) is 0 Å². The molecule has 0 spiro atoms. The summed E-state index contributed by atoms with van der Waals surface area (Å²) in [6, 6.07) is 7.33. The number of benzene rings is 1. The van der Waals surface area contributed by atoms with E-state index in [1.54, 1.807) is 6.07 Å². The third-order valence-corrected chi connectivity index (χ3v) is 5.51. The van der Waals surface area contributed by atoms with E-state index < -0.39 is 9.84 Å². The van der Waals surface area contributed by atoms with Crippen LogP contribution in [0.5, 0.6) is 0 Å². The number of sulfone groups is 1. The minimum absolute atomic E-state index is 0.267. The zero-order valence-electron chi connectivity index (χ0n) is 11.7. The van der Waals surface area contributed by atoms with Crippen molar-refractivity contribution in [3.05, 3.63) is 35.4 Å². The van der Waals surface area contributed by atoms with E-state index in [-0.39, 0.29) is 17.5 Å².